The minimum atomic E-state index is -0.205. The van der Waals surface area contributed by atoms with E-state index in [1.807, 2.05) is 0 Å². The zero-order valence-electron chi connectivity index (χ0n) is 11.1. The molecule has 2 aromatic carbocycles. The number of anilines is 1. The van der Waals surface area contributed by atoms with Crippen molar-refractivity contribution in [3.05, 3.63) is 70.2 Å². The maximum absolute atomic E-state index is 12.1. The molecule has 1 N–H and O–H groups in total. The summed E-state index contributed by atoms with van der Waals surface area (Å²) in [7, 11) is 0. The molecule has 0 spiro atoms. The van der Waals surface area contributed by atoms with E-state index in [0.29, 0.717) is 28.6 Å². The zero-order valence-corrected chi connectivity index (χ0v) is 13.4. The average molecular weight is 367 g/mol. The molecule has 0 aliphatic heterocycles. The minimum Gasteiger partial charge on any atom is -0.490 e. The van der Waals surface area contributed by atoms with Crippen molar-refractivity contribution >= 4 is 39.1 Å². The van der Waals surface area contributed by atoms with Crippen molar-refractivity contribution in [1.29, 1.82) is 0 Å². The van der Waals surface area contributed by atoms with Gasteiger partial charge in [0.15, 0.2) is 0 Å². The van der Waals surface area contributed by atoms with E-state index >= 15 is 0 Å². The van der Waals surface area contributed by atoms with Crippen LogP contribution in [0.3, 0.4) is 0 Å². The quantitative estimate of drug-likeness (QED) is 0.763. The summed E-state index contributed by atoms with van der Waals surface area (Å²) in [5, 5.41) is 3.33. The molecule has 21 heavy (non-hydrogen) atoms. The Hall–Kier alpha value is -1.78. The van der Waals surface area contributed by atoms with Gasteiger partial charge in [-0.15, -0.1) is 0 Å². The molecule has 5 heteroatoms. The van der Waals surface area contributed by atoms with Crippen molar-refractivity contribution in [3.63, 3.8) is 0 Å². The van der Waals surface area contributed by atoms with E-state index in [4.69, 9.17) is 16.3 Å². The van der Waals surface area contributed by atoms with Crippen LogP contribution in [0.25, 0.3) is 0 Å². The van der Waals surface area contributed by atoms with Crippen molar-refractivity contribution < 1.29 is 9.53 Å². The first-order chi connectivity index (χ1) is 10.1. The summed E-state index contributed by atoms with van der Waals surface area (Å²) in [5.41, 5.74) is 1.18. The molecule has 0 heterocycles. The molecule has 0 radical (unpaired) electrons. The normalized spacial score (nSPS) is 10.0. The highest BCUT2D eigenvalue weighted by Crippen LogP contribution is 2.25. The summed E-state index contributed by atoms with van der Waals surface area (Å²) in [6, 6.07) is 12.1. The summed E-state index contributed by atoms with van der Waals surface area (Å²) in [6.45, 7) is 4.01. The Morgan fingerprint density at radius 1 is 1.29 bits per heavy atom. The second kappa shape index (κ2) is 7.29. The van der Waals surface area contributed by atoms with Crippen LogP contribution in [0.1, 0.15) is 10.4 Å². The van der Waals surface area contributed by atoms with E-state index in [1.165, 1.54) is 0 Å². The van der Waals surface area contributed by atoms with E-state index in [2.05, 4.69) is 27.8 Å². The second-order valence-corrected chi connectivity index (χ2v) is 5.47. The maximum Gasteiger partial charge on any atom is 0.255 e. The summed E-state index contributed by atoms with van der Waals surface area (Å²) < 4.78 is 6.15. The molecule has 2 rings (SSSR count). The van der Waals surface area contributed by atoms with E-state index < -0.39 is 0 Å². The first-order valence-electron chi connectivity index (χ1n) is 6.20. The van der Waals surface area contributed by atoms with E-state index in [0.717, 1.165) is 4.47 Å². The lowest BCUT2D eigenvalue weighted by Crippen LogP contribution is -2.11. The van der Waals surface area contributed by atoms with Crippen LogP contribution in [0.15, 0.2) is 59.6 Å². The van der Waals surface area contributed by atoms with E-state index in [-0.39, 0.29) is 5.91 Å². The molecule has 0 unspecified atom stereocenters. The lowest BCUT2D eigenvalue weighted by Gasteiger charge is -2.07. The Kier molecular flexibility index (Phi) is 5.42. The van der Waals surface area contributed by atoms with Gasteiger partial charge in [-0.3, -0.25) is 4.79 Å². The maximum atomic E-state index is 12.1. The summed E-state index contributed by atoms with van der Waals surface area (Å²) in [6.07, 6.45) is 1.66. The van der Waals surface area contributed by atoms with E-state index in [1.54, 1.807) is 48.5 Å². The predicted octanol–water partition coefficient (Wildman–Crippen LogP) is 4.92. The number of halogens is 2. The number of carbonyl (C=O) groups excluding carboxylic acids is 1. The second-order valence-electron chi connectivity index (χ2n) is 4.21. The van der Waals surface area contributed by atoms with Crippen molar-refractivity contribution in [2.45, 2.75) is 0 Å². The van der Waals surface area contributed by atoms with Crippen LogP contribution in [0, 0.1) is 0 Å². The summed E-state index contributed by atoms with van der Waals surface area (Å²) in [4.78, 5) is 12.1. The Labute approximate surface area is 136 Å². The molecule has 0 atom stereocenters. The third-order valence-corrected chi connectivity index (χ3v) is 3.89. The van der Waals surface area contributed by atoms with Gasteiger partial charge in [-0.2, -0.15) is 0 Å². The number of hydrogen-bond acceptors (Lipinski definition) is 2. The van der Waals surface area contributed by atoms with Gasteiger partial charge in [0.2, 0.25) is 0 Å². The number of hydrogen-bond donors (Lipinski definition) is 1. The standard InChI is InChI=1S/C16H13BrClNO2/c1-2-9-21-13-6-3-11(4-7-13)16(20)19-12-5-8-14(17)15(18)10-12/h2-8,10H,1,9H2,(H,19,20). The van der Waals surface area contributed by atoms with Gasteiger partial charge in [-0.1, -0.05) is 24.3 Å². The Morgan fingerprint density at radius 2 is 2.00 bits per heavy atom. The number of carbonyl (C=O) groups is 1. The molecule has 0 bridgehead atoms. The van der Waals surface area contributed by atoms with Gasteiger partial charge in [0.05, 0.1) is 5.02 Å². The fourth-order valence-corrected chi connectivity index (χ4v) is 2.06. The smallest absolute Gasteiger partial charge is 0.255 e. The van der Waals surface area contributed by atoms with Gasteiger partial charge in [-0.25, -0.2) is 0 Å². The van der Waals surface area contributed by atoms with Gasteiger partial charge in [-0.05, 0) is 58.4 Å². The van der Waals surface area contributed by atoms with Gasteiger partial charge in [0.1, 0.15) is 12.4 Å². The molecule has 3 nitrogen and oxygen atoms in total. The molecule has 1 amide bonds. The average Bonchev–Trinajstić information content (AvgIpc) is 2.49. The largest absolute Gasteiger partial charge is 0.490 e. The van der Waals surface area contributed by atoms with E-state index in [9.17, 15) is 4.79 Å². The van der Waals surface area contributed by atoms with Gasteiger partial charge >= 0.3 is 0 Å². The van der Waals surface area contributed by atoms with Crippen LogP contribution in [-0.2, 0) is 0 Å². The monoisotopic (exact) mass is 365 g/mol. The highest BCUT2D eigenvalue weighted by molar-refractivity contribution is 9.10. The first-order valence-corrected chi connectivity index (χ1v) is 7.37. The minimum absolute atomic E-state index is 0.205. The number of amides is 1. The zero-order chi connectivity index (χ0) is 15.2. The third kappa shape index (κ3) is 4.34. The SMILES string of the molecule is C=CCOc1ccc(C(=O)Nc2ccc(Br)c(Cl)c2)cc1. The van der Waals surface area contributed by atoms with Crippen molar-refractivity contribution in [3.8, 4) is 5.75 Å². The molecule has 0 aliphatic rings. The third-order valence-electron chi connectivity index (χ3n) is 2.66. The highest BCUT2D eigenvalue weighted by atomic mass is 79.9. The molecular weight excluding hydrogens is 354 g/mol. The molecule has 0 saturated heterocycles. The van der Waals surface area contributed by atoms with Crippen LogP contribution in [0.2, 0.25) is 5.02 Å². The highest BCUT2D eigenvalue weighted by Gasteiger charge is 2.07. The molecule has 0 saturated carbocycles. The van der Waals surface area contributed by atoms with Crippen LogP contribution in [0.5, 0.6) is 5.75 Å². The van der Waals surface area contributed by atoms with Crippen LogP contribution >= 0.6 is 27.5 Å². The van der Waals surface area contributed by atoms with Crippen molar-refractivity contribution in [2.24, 2.45) is 0 Å². The summed E-state index contributed by atoms with van der Waals surface area (Å²) in [5.74, 6) is 0.488. The molecule has 0 aromatic heterocycles. The molecule has 0 aliphatic carbocycles. The van der Waals surface area contributed by atoms with Gasteiger partial charge < -0.3 is 10.1 Å². The fraction of sp³-hybridized carbons (Fsp3) is 0.0625. The number of ether oxygens (including phenoxy) is 1. The fourth-order valence-electron chi connectivity index (χ4n) is 1.63. The van der Waals surface area contributed by atoms with Crippen molar-refractivity contribution in [1.82, 2.24) is 0 Å². The number of benzene rings is 2. The van der Waals surface area contributed by atoms with Gasteiger partial charge in [0.25, 0.3) is 5.91 Å². The number of rotatable bonds is 5. The molecular formula is C16H13BrClNO2. The van der Waals surface area contributed by atoms with Crippen LogP contribution in [-0.4, -0.2) is 12.5 Å². The molecule has 2 aromatic rings. The Balaban J connectivity index is 2.05. The Bertz CT molecular complexity index is 656. The first kappa shape index (κ1) is 15.6. The molecule has 108 valence electrons. The molecule has 0 fully saturated rings. The Morgan fingerprint density at radius 3 is 2.62 bits per heavy atom. The topological polar surface area (TPSA) is 38.3 Å². The van der Waals surface area contributed by atoms with Crippen LogP contribution in [0.4, 0.5) is 5.69 Å². The van der Waals surface area contributed by atoms with Crippen molar-refractivity contribution in [2.75, 3.05) is 11.9 Å². The van der Waals surface area contributed by atoms with Crippen LogP contribution < -0.4 is 10.1 Å². The predicted molar refractivity (Wildman–Crippen MR) is 89.2 cm³/mol. The lowest BCUT2D eigenvalue weighted by atomic mass is 10.2. The number of nitrogens with one attached hydrogen (secondary N) is 1. The summed E-state index contributed by atoms with van der Waals surface area (Å²) >= 11 is 9.29. The lowest BCUT2D eigenvalue weighted by molar-refractivity contribution is 0.102. The van der Waals surface area contributed by atoms with Gasteiger partial charge in [0, 0.05) is 15.7 Å².